The fourth-order valence-corrected chi connectivity index (χ4v) is 5.57. The number of fused-ring (bicyclic) bond motifs is 6. The smallest absolute Gasteiger partial charge is 0.231 e. The topological polar surface area (TPSA) is 125 Å². The first-order valence-electron chi connectivity index (χ1n) is 11.4. The number of piperidine rings is 1. The average molecular weight is 459 g/mol. The summed E-state index contributed by atoms with van der Waals surface area (Å²) in [5, 5.41) is 12.3. The van der Waals surface area contributed by atoms with Gasteiger partial charge in [-0.2, -0.15) is 15.1 Å². The van der Waals surface area contributed by atoms with Crippen molar-refractivity contribution in [3.63, 3.8) is 0 Å². The molecule has 4 aromatic heterocycles. The van der Waals surface area contributed by atoms with Crippen molar-refractivity contribution in [3.05, 3.63) is 42.6 Å². The Morgan fingerprint density at radius 3 is 2.91 bits per heavy atom. The van der Waals surface area contributed by atoms with Crippen molar-refractivity contribution in [1.82, 2.24) is 29.5 Å². The predicted molar refractivity (Wildman–Crippen MR) is 129 cm³/mol. The molecule has 34 heavy (non-hydrogen) atoms. The fourth-order valence-electron chi connectivity index (χ4n) is 5.57. The summed E-state index contributed by atoms with van der Waals surface area (Å²) in [6.07, 6.45) is 7.17. The van der Waals surface area contributed by atoms with Gasteiger partial charge in [-0.05, 0) is 30.9 Å². The molecule has 2 fully saturated rings. The van der Waals surface area contributed by atoms with Crippen LogP contribution in [-0.4, -0.2) is 55.2 Å². The van der Waals surface area contributed by atoms with E-state index in [2.05, 4.69) is 30.6 Å². The van der Waals surface area contributed by atoms with Crippen LogP contribution in [-0.2, 0) is 0 Å². The number of nitrogens with two attached hydrogens (primary N) is 1. The first kappa shape index (κ1) is 19.5. The Morgan fingerprint density at radius 1 is 1.21 bits per heavy atom. The zero-order valence-electron chi connectivity index (χ0n) is 18.5. The van der Waals surface area contributed by atoms with E-state index >= 15 is 0 Å². The van der Waals surface area contributed by atoms with Crippen LogP contribution in [0.1, 0.15) is 12.8 Å². The van der Waals surface area contributed by atoms with Crippen molar-refractivity contribution in [2.45, 2.75) is 24.9 Å². The average Bonchev–Trinajstić information content (AvgIpc) is 3.60. The number of anilines is 4. The van der Waals surface area contributed by atoms with Gasteiger partial charge in [-0.25, -0.2) is 13.9 Å². The molecule has 1 aliphatic heterocycles. The molecule has 7 rings (SSSR count). The van der Waals surface area contributed by atoms with Crippen LogP contribution in [0.4, 0.5) is 27.5 Å². The molecule has 3 atom stereocenters. The zero-order valence-corrected chi connectivity index (χ0v) is 18.5. The Hall–Kier alpha value is -3.99. The molecule has 0 spiro atoms. The monoisotopic (exact) mass is 458 g/mol. The lowest BCUT2D eigenvalue weighted by molar-refractivity contribution is 0.471. The molecule has 1 unspecified atom stereocenters. The summed E-state index contributed by atoms with van der Waals surface area (Å²) in [5.74, 6) is 1.36. The number of hydrogen-bond donors (Lipinski definition) is 4. The quantitative estimate of drug-likeness (QED) is 0.324. The Bertz CT molecular complexity index is 1570. The van der Waals surface area contributed by atoms with E-state index in [1.807, 2.05) is 6.07 Å². The van der Waals surface area contributed by atoms with E-state index in [4.69, 9.17) is 15.7 Å². The summed E-state index contributed by atoms with van der Waals surface area (Å²) in [4.78, 5) is 19.7. The summed E-state index contributed by atoms with van der Waals surface area (Å²) in [5.41, 5.74) is 9.88. The van der Waals surface area contributed by atoms with Crippen LogP contribution in [0.15, 0.2) is 36.8 Å². The number of rotatable bonds is 4. The summed E-state index contributed by atoms with van der Waals surface area (Å²) in [7, 11) is 1.78. The molecule has 11 heteroatoms. The molecule has 5 heterocycles. The van der Waals surface area contributed by atoms with E-state index in [0.717, 1.165) is 52.8 Å². The first-order chi connectivity index (χ1) is 16.6. The van der Waals surface area contributed by atoms with Gasteiger partial charge in [0.25, 0.3) is 0 Å². The molecule has 0 radical (unpaired) electrons. The van der Waals surface area contributed by atoms with E-state index in [-0.39, 0.29) is 11.9 Å². The second-order valence-electron chi connectivity index (χ2n) is 9.15. The second kappa shape index (κ2) is 7.00. The lowest BCUT2D eigenvalue weighted by atomic mass is 10.0. The number of nitrogens with one attached hydrogen (secondary N) is 3. The maximum atomic E-state index is 14.5. The number of nitrogens with zero attached hydrogens (tertiary/aromatic N) is 6. The number of H-pyrrole nitrogens is 1. The van der Waals surface area contributed by atoms with Gasteiger partial charge in [0, 0.05) is 49.5 Å². The van der Waals surface area contributed by atoms with Crippen LogP contribution in [0, 0.1) is 11.7 Å². The molecular weight excluding hydrogens is 435 g/mol. The van der Waals surface area contributed by atoms with E-state index in [0.29, 0.717) is 29.2 Å². The molecule has 1 aromatic carbocycles. The molecular formula is C23H23FN10. The summed E-state index contributed by atoms with van der Waals surface area (Å²) >= 11 is 0. The summed E-state index contributed by atoms with van der Waals surface area (Å²) < 4.78 is 16.2. The Kier molecular flexibility index (Phi) is 4.01. The number of hydrogen-bond acceptors (Lipinski definition) is 8. The van der Waals surface area contributed by atoms with Crippen LogP contribution in [0.25, 0.3) is 27.6 Å². The molecule has 1 aliphatic carbocycles. The zero-order chi connectivity index (χ0) is 23.0. The fraction of sp³-hybridized carbons (Fsp3) is 0.304. The van der Waals surface area contributed by atoms with Crippen molar-refractivity contribution < 1.29 is 4.39 Å². The van der Waals surface area contributed by atoms with Crippen molar-refractivity contribution in [3.8, 4) is 0 Å². The van der Waals surface area contributed by atoms with E-state index < -0.39 is 0 Å². The van der Waals surface area contributed by atoms with Gasteiger partial charge in [0.15, 0.2) is 5.65 Å². The summed E-state index contributed by atoms with van der Waals surface area (Å²) in [6.45, 7) is 0.833. The molecule has 10 nitrogen and oxygen atoms in total. The molecule has 2 aliphatic rings. The van der Waals surface area contributed by atoms with Crippen LogP contribution >= 0.6 is 0 Å². The highest BCUT2D eigenvalue weighted by Gasteiger charge is 2.44. The van der Waals surface area contributed by atoms with Gasteiger partial charge in [0.2, 0.25) is 5.95 Å². The van der Waals surface area contributed by atoms with Crippen LogP contribution < -0.4 is 21.3 Å². The van der Waals surface area contributed by atoms with E-state index in [1.54, 1.807) is 36.2 Å². The molecule has 1 saturated heterocycles. The lowest BCUT2D eigenvalue weighted by Gasteiger charge is -2.31. The largest absolute Gasteiger partial charge is 0.386 e. The molecule has 5 N–H and O–H groups in total. The van der Waals surface area contributed by atoms with Crippen molar-refractivity contribution in [2.24, 2.45) is 11.7 Å². The standard InChI is InChI=1S/C23H23FN10/c1-26-17-6-12(24)5-15-19-21(30-20(15)17)31-23(29-13-7-18-27-2-3-34(18)28-9-13)32-22(19)33-10-11-4-14(33)8-16(11)25/h2-3,5-7,9,11,14,16,26H,4,8,10,25H2,1H3,(H2,29,30,31,32)/t11-,14?,16-/m1/s1. The Balaban J connectivity index is 1.41. The maximum absolute atomic E-state index is 14.5. The summed E-state index contributed by atoms with van der Waals surface area (Å²) in [6, 6.07) is 5.45. The number of benzene rings is 1. The Morgan fingerprint density at radius 2 is 2.12 bits per heavy atom. The van der Waals surface area contributed by atoms with E-state index in [9.17, 15) is 4.39 Å². The number of aromatic nitrogens is 6. The third-order valence-corrected chi connectivity index (χ3v) is 7.16. The molecule has 2 bridgehead atoms. The number of aromatic amines is 1. The molecule has 0 amide bonds. The Labute approximate surface area is 193 Å². The van der Waals surface area contributed by atoms with Gasteiger partial charge in [0.05, 0.1) is 28.5 Å². The van der Waals surface area contributed by atoms with Gasteiger partial charge in [0.1, 0.15) is 17.3 Å². The SMILES string of the molecule is CNc1cc(F)cc2c1[nH]c1nc(Nc3cnn4ccnc4c3)nc(N3C[C@H]4CC3C[C@H]4N)c12. The number of halogens is 1. The van der Waals surface area contributed by atoms with Gasteiger partial charge in [-0.1, -0.05) is 0 Å². The van der Waals surface area contributed by atoms with Crippen LogP contribution in [0.2, 0.25) is 0 Å². The van der Waals surface area contributed by atoms with Crippen molar-refractivity contribution in [1.29, 1.82) is 0 Å². The van der Waals surface area contributed by atoms with Crippen molar-refractivity contribution in [2.75, 3.05) is 29.1 Å². The highest BCUT2D eigenvalue weighted by atomic mass is 19.1. The lowest BCUT2D eigenvalue weighted by Crippen LogP contribution is -2.41. The van der Waals surface area contributed by atoms with Gasteiger partial charge in [-0.15, -0.1) is 0 Å². The molecule has 5 aromatic rings. The number of imidazole rings is 1. The van der Waals surface area contributed by atoms with Gasteiger partial charge in [-0.3, -0.25) is 0 Å². The van der Waals surface area contributed by atoms with Crippen LogP contribution in [0.3, 0.4) is 0 Å². The van der Waals surface area contributed by atoms with Crippen molar-refractivity contribution >= 4 is 50.7 Å². The minimum atomic E-state index is -0.310. The van der Waals surface area contributed by atoms with E-state index in [1.165, 1.54) is 6.07 Å². The third-order valence-electron chi connectivity index (χ3n) is 7.16. The molecule has 172 valence electrons. The third kappa shape index (κ3) is 2.83. The van der Waals surface area contributed by atoms with Crippen LogP contribution in [0.5, 0.6) is 0 Å². The minimum Gasteiger partial charge on any atom is -0.386 e. The second-order valence-corrected chi connectivity index (χ2v) is 9.15. The van der Waals surface area contributed by atoms with Gasteiger partial charge >= 0.3 is 0 Å². The minimum absolute atomic E-state index is 0.222. The predicted octanol–water partition coefficient (Wildman–Crippen LogP) is 3.00. The van der Waals surface area contributed by atoms with Gasteiger partial charge < -0.3 is 26.3 Å². The molecule has 1 saturated carbocycles. The highest BCUT2D eigenvalue weighted by Crippen LogP contribution is 2.43. The first-order valence-corrected chi connectivity index (χ1v) is 11.4. The highest BCUT2D eigenvalue weighted by molar-refractivity contribution is 6.15. The normalized spacial score (nSPS) is 21.9. The maximum Gasteiger partial charge on any atom is 0.231 e.